The van der Waals surface area contributed by atoms with E-state index in [1.807, 2.05) is 30.3 Å². The number of rotatable bonds is 6. The van der Waals surface area contributed by atoms with Gasteiger partial charge in [0.2, 0.25) is 0 Å². The fraction of sp³-hybridized carbons (Fsp3) is 0.588. The Morgan fingerprint density at radius 3 is 2.52 bits per heavy atom. The van der Waals surface area contributed by atoms with Gasteiger partial charge in [-0.2, -0.15) is 0 Å². The molecule has 0 radical (unpaired) electrons. The van der Waals surface area contributed by atoms with E-state index >= 15 is 0 Å². The first-order valence-corrected chi connectivity index (χ1v) is 7.89. The summed E-state index contributed by atoms with van der Waals surface area (Å²) in [6, 6.07) is 10.1. The zero-order chi connectivity index (χ0) is 15.3. The Labute approximate surface area is 127 Å². The maximum atomic E-state index is 9.08. The van der Waals surface area contributed by atoms with Crippen LogP contribution < -0.4 is 5.73 Å². The smallest absolute Gasteiger partial charge is 0.147 e. The molecule has 1 aromatic rings. The van der Waals surface area contributed by atoms with Gasteiger partial charge < -0.3 is 15.8 Å². The summed E-state index contributed by atoms with van der Waals surface area (Å²) in [6.07, 6.45) is 3.69. The third-order valence-electron chi connectivity index (χ3n) is 5.13. The molecule has 0 spiro atoms. The van der Waals surface area contributed by atoms with Gasteiger partial charge in [-0.15, -0.1) is 0 Å². The Hall–Kier alpha value is -1.55. The maximum absolute atomic E-state index is 9.08. The van der Waals surface area contributed by atoms with Crippen molar-refractivity contribution < 1.29 is 5.21 Å². The summed E-state index contributed by atoms with van der Waals surface area (Å²) >= 11 is 0. The summed E-state index contributed by atoms with van der Waals surface area (Å²) in [6.45, 7) is 7.60. The van der Waals surface area contributed by atoms with Gasteiger partial charge in [-0.25, -0.2) is 0 Å². The molecule has 1 unspecified atom stereocenters. The lowest BCUT2D eigenvalue weighted by molar-refractivity contribution is 0.238. The number of benzene rings is 1. The third-order valence-corrected chi connectivity index (χ3v) is 5.13. The summed E-state index contributed by atoms with van der Waals surface area (Å²) in [5.74, 6) is 0.257. The molecule has 0 saturated carbocycles. The summed E-state index contributed by atoms with van der Waals surface area (Å²) in [4.78, 5) is 2.46. The van der Waals surface area contributed by atoms with Gasteiger partial charge in [0, 0.05) is 13.1 Å². The van der Waals surface area contributed by atoms with Crippen LogP contribution >= 0.6 is 0 Å². The predicted molar refractivity (Wildman–Crippen MR) is 86.7 cm³/mol. The van der Waals surface area contributed by atoms with Crippen molar-refractivity contribution in [3.63, 3.8) is 0 Å². The predicted octanol–water partition coefficient (Wildman–Crippen LogP) is 3.03. The molecule has 1 aliphatic heterocycles. The van der Waals surface area contributed by atoms with E-state index in [0.717, 1.165) is 25.2 Å². The highest BCUT2D eigenvalue weighted by Crippen LogP contribution is 2.37. The van der Waals surface area contributed by atoms with Crippen LogP contribution in [0.5, 0.6) is 0 Å². The zero-order valence-corrected chi connectivity index (χ0v) is 13.1. The summed E-state index contributed by atoms with van der Waals surface area (Å²) in [5, 5.41) is 12.3. The molecule has 4 nitrogen and oxygen atoms in total. The molecule has 4 heteroatoms. The van der Waals surface area contributed by atoms with Gasteiger partial charge in [0.25, 0.3) is 0 Å². The lowest BCUT2D eigenvalue weighted by atomic mass is 9.82. The van der Waals surface area contributed by atoms with Crippen molar-refractivity contribution in [1.82, 2.24) is 4.90 Å². The van der Waals surface area contributed by atoms with Crippen LogP contribution in [0.15, 0.2) is 35.5 Å². The van der Waals surface area contributed by atoms with Crippen molar-refractivity contribution >= 4 is 5.84 Å². The molecule has 0 amide bonds. The van der Waals surface area contributed by atoms with Gasteiger partial charge in [0.15, 0.2) is 0 Å². The molecule has 0 aromatic heterocycles. The average Bonchev–Trinajstić information content (AvgIpc) is 2.96. The molecule has 21 heavy (non-hydrogen) atoms. The molecule has 1 aromatic carbocycles. The third kappa shape index (κ3) is 3.56. The first kappa shape index (κ1) is 15.8. The minimum atomic E-state index is -0.0410. The minimum absolute atomic E-state index is 0.0410. The van der Waals surface area contributed by atoms with Gasteiger partial charge in [0.05, 0.1) is 5.92 Å². The minimum Gasteiger partial charge on any atom is -0.409 e. The van der Waals surface area contributed by atoms with Crippen molar-refractivity contribution in [2.24, 2.45) is 16.3 Å². The van der Waals surface area contributed by atoms with Crippen LogP contribution in [0.1, 0.15) is 44.6 Å². The molecule has 116 valence electrons. The monoisotopic (exact) mass is 289 g/mol. The Balaban J connectivity index is 2.11. The van der Waals surface area contributed by atoms with Crippen LogP contribution in [0.3, 0.4) is 0 Å². The van der Waals surface area contributed by atoms with E-state index in [0.29, 0.717) is 11.3 Å². The molecular weight excluding hydrogens is 262 g/mol. The normalized spacial score (nSPS) is 20.6. The Bertz CT molecular complexity index is 468. The standard InChI is InChI=1S/C17H27N3O/c1-3-17(4-2)10-11-20(13-17)12-15(16(18)19-21)14-8-6-5-7-9-14/h5-9,15,21H,3-4,10-13H2,1-2H3,(H2,18,19). The van der Waals surface area contributed by atoms with Gasteiger partial charge in [-0.1, -0.05) is 49.3 Å². The number of oxime groups is 1. The summed E-state index contributed by atoms with van der Waals surface area (Å²) in [5.41, 5.74) is 7.49. The van der Waals surface area contributed by atoms with Crippen LogP contribution in [0.25, 0.3) is 0 Å². The first-order chi connectivity index (χ1) is 10.1. The first-order valence-electron chi connectivity index (χ1n) is 7.89. The largest absolute Gasteiger partial charge is 0.409 e. The van der Waals surface area contributed by atoms with Crippen molar-refractivity contribution in [2.45, 2.75) is 39.0 Å². The fourth-order valence-corrected chi connectivity index (χ4v) is 3.39. The van der Waals surface area contributed by atoms with E-state index in [1.54, 1.807) is 0 Å². The second-order valence-corrected chi connectivity index (χ2v) is 6.18. The van der Waals surface area contributed by atoms with Crippen LogP contribution in [-0.4, -0.2) is 35.6 Å². The van der Waals surface area contributed by atoms with Crippen molar-refractivity contribution in [3.8, 4) is 0 Å². The molecule has 1 heterocycles. The van der Waals surface area contributed by atoms with E-state index in [1.165, 1.54) is 19.3 Å². The number of nitrogens with zero attached hydrogens (tertiary/aromatic N) is 2. The highest BCUT2D eigenvalue weighted by molar-refractivity contribution is 5.87. The molecule has 0 aliphatic carbocycles. The Morgan fingerprint density at radius 1 is 1.33 bits per heavy atom. The second-order valence-electron chi connectivity index (χ2n) is 6.18. The van der Waals surface area contributed by atoms with E-state index in [2.05, 4.69) is 23.9 Å². The van der Waals surface area contributed by atoms with Crippen LogP contribution in [0.2, 0.25) is 0 Å². The SMILES string of the molecule is CCC1(CC)CCN(CC(/C(N)=N/O)c2ccccc2)C1. The number of amidine groups is 1. The van der Waals surface area contributed by atoms with Gasteiger partial charge in [-0.05, 0) is 36.8 Å². The van der Waals surface area contributed by atoms with E-state index in [9.17, 15) is 0 Å². The van der Waals surface area contributed by atoms with Gasteiger partial charge in [0.1, 0.15) is 5.84 Å². The van der Waals surface area contributed by atoms with Crippen molar-refractivity contribution in [1.29, 1.82) is 0 Å². The molecule has 3 N–H and O–H groups in total. The van der Waals surface area contributed by atoms with Crippen LogP contribution in [-0.2, 0) is 0 Å². The lowest BCUT2D eigenvalue weighted by Crippen LogP contribution is -2.35. The molecule has 1 atom stereocenters. The zero-order valence-electron chi connectivity index (χ0n) is 13.1. The molecular formula is C17H27N3O. The highest BCUT2D eigenvalue weighted by atomic mass is 16.4. The van der Waals surface area contributed by atoms with Crippen molar-refractivity contribution in [3.05, 3.63) is 35.9 Å². The van der Waals surface area contributed by atoms with E-state index in [-0.39, 0.29) is 5.92 Å². The molecule has 1 fully saturated rings. The Morgan fingerprint density at radius 2 is 2.00 bits per heavy atom. The number of likely N-dealkylation sites (tertiary alicyclic amines) is 1. The van der Waals surface area contributed by atoms with Crippen LogP contribution in [0.4, 0.5) is 0 Å². The van der Waals surface area contributed by atoms with Crippen LogP contribution in [0, 0.1) is 5.41 Å². The fourth-order valence-electron chi connectivity index (χ4n) is 3.39. The molecule has 1 saturated heterocycles. The summed E-state index contributed by atoms with van der Waals surface area (Å²) in [7, 11) is 0. The molecule has 1 aliphatic rings. The molecule has 2 rings (SSSR count). The van der Waals surface area contributed by atoms with E-state index < -0.39 is 0 Å². The number of hydrogen-bond acceptors (Lipinski definition) is 3. The lowest BCUT2D eigenvalue weighted by Gasteiger charge is -2.28. The van der Waals surface area contributed by atoms with Gasteiger partial charge in [-0.3, -0.25) is 0 Å². The van der Waals surface area contributed by atoms with Gasteiger partial charge >= 0.3 is 0 Å². The highest BCUT2D eigenvalue weighted by Gasteiger charge is 2.36. The topological polar surface area (TPSA) is 61.8 Å². The Kier molecular flexibility index (Phi) is 5.23. The number of nitrogens with two attached hydrogens (primary N) is 1. The van der Waals surface area contributed by atoms with E-state index in [4.69, 9.17) is 10.9 Å². The quantitative estimate of drug-likeness (QED) is 0.366. The maximum Gasteiger partial charge on any atom is 0.147 e. The average molecular weight is 289 g/mol. The number of hydrogen-bond donors (Lipinski definition) is 2. The summed E-state index contributed by atoms with van der Waals surface area (Å²) < 4.78 is 0. The molecule has 0 bridgehead atoms. The second kappa shape index (κ2) is 6.94. The van der Waals surface area contributed by atoms with Crippen molar-refractivity contribution in [2.75, 3.05) is 19.6 Å².